The molecule has 0 unspecified atom stereocenters. The van der Waals surface area contributed by atoms with Gasteiger partial charge in [-0.15, -0.1) is 0 Å². The first kappa shape index (κ1) is 17.4. The fourth-order valence-corrected chi connectivity index (χ4v) is 2.56. The summed E-state index contributed by atoms with van der Waals surface area (Å²) in [5.41, 5.74) is 1.23. The molecular formula is C19H22ClNO2. The molecule has 0 saturated heterocycles. The zero-order chi connectivity index (χ0) is 16.7. The third kappa shape index (κ3) is 5.00. The van der Waals surface area contributed by atoms with Gasteiger partial charge in [-0.2, -0.15) is 0 Å². The summed E-state index contributed by atoms with van der Waals surface area (Å²) >= 11 is 6.05. The van der Waals surface area contributed by atoms with Gasteiger partial charge >= 0.3 is 0 Å². The van der Waals surface area contributed by atoms with Crippen molar-refractivity contribution in [3.05, 3.63) is 65.2 Å². The van der Waals surface area contributed by atoms with Gasteiger partial charge in [0, 0.05) is 12.5 Å². The summed E-state index contributed by atoms with van der Waals surface area (Å²) in [4.78, 5) is 12.2. The lowest BCUT2D eigenvalue weighted by molar-refractivity contribution is -0.127. The van der Waals surface area contributed by atoms with Crippen LogP contribution in [0, 0.1) is 0 Å². The van der Waals surface area contributed by atoms with Crippen molar-refractivity contribution in [1.29, 1.82) is 0 Å². The largest absolute Gasteiger partial charge is 0.479 e. The van der Waals surface area contributed by atoms with Crippen molar-refractivity contribution < 1.29 is 9.53 Å². The van der Waals surface area contributed by atoms with E-state index in [0.29, 0.717) is 23.2 Å². The number of carbonyl (C=O) groups excluding carboxylic acids is 1. The molecule has 1 N–H and O–H groups in total. The predicted molar refractivity (Wildman–Crippen MR) is 94.0 cm³/mol. The first-order valence-electron chi connectivity index (χ1n) is 7.85. The quantitative estimate of drug-likeness (QED) is 0.815. The standard InChI is InChI=1S/C19H22ClNO2/c1-3-15(16-9-5-4-6-10-16)13-21-19(22)14(2)23-18-12-8-7-11-17(18)20/h4-12,14-15H,3,13H2,1-2H3,(H,21,22)/t14-,15-/m0/s1. The lowest BCUT2D eigenvalue weighted by Crippen LogP contribution is -2.38. The van der Waals surface area contributed by atoms with Crippen LogP contribution < -0.4 is 10.1 Å². The maximum absolute atomic E-state index is 12.2. The SMILES string of the molecule is CC[C@@H](CNC(=O)[C@H](C)Oc1ccccc1Cl)c1ccccc1. The summed E-state index contributed by atoms with van der Waals surface area (Å²) in [6.45, 7) is 4.44. The molecule has 0 aliphatic carbocycles. The van der Waals surface area contributed by atoms with E-state index in [2.05, 4.69) is 24.4 Å². The summed E-state index contributed by atoms with van der Waals surface area (Å²) < 4.78 is 5.63. The van der Waals surface area contributed by atoms with E-state index >= 15 is 0 Å². The summed E-state index contributed by atoms with van der Waals surface area (Å²) in [6.07, 6.45) is 0.368. The highest BCUT2D eigenvalue weighted by Gasteiger charge is 2.17. The van der Waals surface area contributed by atoms with Gasteiger partial charge < -0.3 is 10.1 Å². The van der Waals surface area contributed by atoms with Crippen molar-refractivity contribution in [2.24, 2.45) is 0 Å². The summed E-state index contributed by atoms with van der Waals surface area (Å²) in [7, 11) is 0. The molecule has 0 aliphatic heterocycles. The van der Waals surface area contributed by atoms with Crippen LogP contribution >= 0.6 is 11.6 Å². The van der Waals surface area contributed by atoms with Crippen molar-refractivity contribution in [1.82, 2.24) is 5.32 Å². The van der Waals surface area contributed by atoms with Crippen LogP contribution in [-0.4, -0.2) is 18.6 Å². The second-order valence-corrected chi connectivity index (χ2v) is 5.86. The zero-order valence-electron chi connectivity index (χ0n) is 13.5. The maximum Gasteiger partial charge on any atom is 0.260 e. The van der Waals surface area contributed by atoms with Crippen molar-refractivity contribution >= 4 is 17.5 Å². The van der Waals surface area contributed by atoms with Gasteiger partial charge in [-0.3, -0.25) is 4.79 Å². The molecule has 0 aliphatic rings. The molecule has 2 rings (SSSR count). The summed E-state index contributed by atoms with van der Waals surface area (Å²) in [6, 6.07) is 17.4. The molecule has 0 radical (unpaired) electrons. The molecular weight excluding hydrogens is 310 g/mol. The second-order valence-electron chi connectivity index (χ2n) is 5.45. The van der Waals surface area contributed by atoms with Gasteiger partial charge in [0.25, 0.3) is 5.91 Å². The number of rotatable bonds is 7. The Morgan fingerprint density at radius 1 is 1.13 bits per heavy atom. The molecule has 3 nitrogen and oxygen atoms in total. The highest BCUT2D eigenvalue weighted by atomic mass is 35.5. The smallest absolute Gasteiger partial charge is 0.260 e. The van der Waals surface area contributed by atoms with Crippen molar-refractivity contribution in [3.8, 4) is 5.75 Å². The third-order valence-corrected chi connectivity index (χ3v) is 4.11. The van der Waals surface area contributed by atoms with Gasteiger partial charge in [0.15, 0.2) is 6.10 Å². The highest BCUT2D eigenvalue weighted by Crippen LogP contribution is 2.24. The van der Waals surface area contributed by atoms with Crippen LogP contribution in [0.3, 0.4) is 0 Å². The molecule has 122 valence electrons. The molecule has 0 spiro atoms. The Kier molecular flexibility index (Phi) is 6.48. The Morgan fingerprint density at radius 2 is 1.78 bits per heavy atom. The average molecular weight is 332 g/mol. The van der Waals surface area contributed by atoms with Gasteiger partial charge in [0.1, 0.15) is 5.75 Å². The number of hydrogen-bond acceptors (Lipinski definition) is 2. The minimum absolute atomic E-state index is 0.140. The van der Waals surface area contributed by atoms with E-state index in [-0.39, 0.29) is 5.91 Å². The average Bonchev–Trinajstić information content (AvgIpc) is 2.58. The predicted octanol–water partition coefficient (Wildman–Crippen LogP) is 4.42. The number of hydrogen-bond donors (Lipinski definition) is 1. The van der Waals surface area contributed by atoms with E-state index in [1.165, 1.54) is 5.56 Å². The molecule has 0 saturated carbocycles. The van der Waals surface area contributed by atoms with E-state index in [0.717, 1.165) is 6.42 Å². The van der Waals surface area contributed by atoms with Gasteiger partial charge in [-0.05, 0) is 31.0 Å². The number of ether oxygens (including phenoxy) is 1. The fraction of sp³-hybridized carbons (Fsp3) is 0.316. The molecule has 0 fully saturated rings. The van der Waals surface area contributed by atoms with Crippen LogP contribution in [0.15, 0.2) is 54.6 Å². The fourth-order valence-electron chi connectivity index (χ4n) is 2.37. The molecule has 2 atom stereocenters. The number of amides is 1. The summed E-state index contributed by atoms with van der Waals surface area (Å²) in [5.74, 6) is 0.680. The molecule has 0 heterocycles. The monoisotopic (exact) mass is 331 g/mol. The summed E-state index contributed by atoms with van der Waals surface area (Å²) in [5, 5.41) is 3.47. The molecule has 0 bridgehead atoms. The minimum atomic E-state index is -0.594. The molecule has 23 heavy (non-hydrogen) atoms. The topological polar surface area (TPSA) is 38.3 Å². The number of carbonyl (C=O) groups is 1. The van der Waals surface area contributed by atoms with Crippen LogP contribution in [0.1, 0.15) is 31.7 Å². The lowest BCUT2D eigenvalue weighted by atomic mass is 9.96. The van der Waals surface area contributed by atoms with E-state index in [1.54, 1.807) is 19.1 Å². The van der Waals surface area contributed by atoms with Crippen molar-refractivity contribution in [2.75, 3.05) is 6.54 Å². The second kappa shape index (κ2) is 8.59. The van der Waals surface area contributed by atoms with E-state index in [4.69, 9.17) is 16.3 Å². The molecule has 1 amide bonds. The normalized spacial score (nSPS) is 13.2. The maximum atomic E-state index is 12.2. The van der Waals surface area contributed by atoms with Gasteiger partial charge in [-0.1, -0.05) is 61.0 Å². The Morgan fingerprint density at radius 3 is 2.43 bits per heavy atom. The van der Waals surface area contributed by atoms with Gasteiger partial charge in [-0.25, -0.2) is 0 Å². The van der Waals surface area contributed by atoms with E-state index in [1.807, 2.05) is 30.3 Å². The third-order valence-electron chi connectivity index (χ3n) is 3.80. The van der Waals surface area contributed by atoms with Crippen LogP contribution in [-0.2, 0) is 4.79 Å². The Labute approximate surface area is 142 Å². The molecule has 2 aromatic rings. The Hall–Kier alpha value is -2.00. The number of para-hydroxylation sites is 1. The minimum Gasteiger partial charge on any atom is -0.479 e. The van der Waals surface area contributed by atoms with E-state index in [9.17, 15) is 4.79 Å². The highest BCUT2D eigenvalue weighted by molar-refractivity contribution is 6.32. The number of benzene rings is 2. The Balaban J connectivity index is 1.89. The van der Waals surface area contributed by atoms with Crippen LogP contribution in [0.25, 0.3) is 0 Å². The first-order valence-corrected chi connectivity index (χ1v) is 8.23. The number of halogens is 1. The first-order chi connectivity index (χ1) is 11.1. The Bertz CT molecular complexity index is 630. The van der Waals surface area contributed by atoms with Crippen molar-refractivity contribution in [3.63, 3.8) is 0 Å². The van der Waals surface area contributed by atoms with Crippen LogP contribution in [0.4, 0.5) is 0 Å². The molecule has 4 heteroatoms. The molecule has 0 aromatic heterocycles. The number of nitrogens with one attached hydrogen (secondary N) is 1. The molecule has 2 aromatic carbocycles. The lowest BCUT2D eigenvalue weighted by Gasteiger charge is -2.19. The zero-order valence-corrected chi connectivity index (χ0v) is 14.2. The van der Waals surface area contributed by atoms with Crippen LogP contribution in [0.5, 0.6) is 5.75 Å². The van der Waals surface area contributed by atoms with E-state index < -0.39 is 6.10 Å². The van der Waals surface area contributed by atoms with Gasteiger partial charge in [0.2, 0.25) is 0 Å². The van der Waals surface area contributed by atoms with Gasteiger partial charge in [0.05, 0.1) is 5.02 Å². The van der Waals surface area contributed by atoms with Crippen molar-refractivity contribution in [2.45, 2.75) is 32.3 Å². The van der Waals surface area contributed by atoms with Crippen LogP contribution in [0.2, 0.25) is 5.02 Å².